The average Bonchev–Trinajstić information content (AvgIpc) is 3.22. The highest BCUT2D eigenvalue weighted by molar-refractivity contribution is 5.75. The SMILES string of the molecule is COC(=O)C(CCOC1CCCCC1)NC1CC1. The number of ether oxygens (including phenoxy) is 2. The van der Waals surface area contributed by atoms with E-state index < -0.39 is 0 Å². The molecule has 104 valence electrons. The number of nitrogens with one attached hydrogen (secondary N) is 1. The summed E-state index contributed by atoms with van der Waals surface area (Å²) in [6.07, 6.45) is 9.76. The Bertz CT molecular complexity index is 260. The standard InChI is InChI=1S/C14H25NO3/c1-17-14(16)13(15-11-7-8-11)9-10-18-12-5-3-2-4-6-12/h11-13,15H,2-10H2,1H3. The number of methoxy groups -OCH3 is 1. The maximum Gasteiger partial charge on any atom is 0.322 e. The summed E-state index contributed by atoms with van der Waals surface area (Å²) in [5, 5.41) is 3.32. The Morgan fingerprint density at radius 3 is 2.56 bits per heavy atom. The highest BCUT2D eigenvalue weighted by Crippen LogP contribution is 2.22. The van der Waals surface area contributed by atoms with E-state index in [-0.39, 0.29) is 12.0 Å². The van der Waals surface area contributed by atoms with Crippen LogP contribution in [0.15, 0.2) is 0 Å². The van der Waals surface area contributed by atoms with E-state index >= 15 is 0 Å². The zero-order valence-electron chi connectivity index (χ0n) is 11.3. The molecule has 0 spiro atoms. The first-order valence-electron chi connectivity index (χ1n) is 7.25. The van der Waals surface area contributed by atoms with Gasteiger partial charge in [0, 0.05) is 12.6 Å². The minimum Gasteiger partial charge on any atom is -0.468 e. The van der Waals surface area contributed by atoms with Gasteiger partial charge in [0.2, 0.25) is 0 Å². The summed E-state index contributed by atoms with van der Waals surface area (Å²) < 4.78 is 10.7. The highest BCUT2D eigenvalue weighted by atomic mass is 16.5. The van der Waals surface area contributed by atoms with Crippen molar-refractivity contribution in [3.05, 3.63) is 0 Å². The summed E-state index contributed by atoms with van der Waals surface area (Å²) >= 11 is 0. The van der Waals surface area contributed by atoms with Gasteiger partial charge in [-0.25, -0.2) is 0 Å². The quantitative estimate of drug-likeness (QED) is 0.707. The van der Waals surface area contributed by atoms with Crippen molar-refractivity contribution in [1.82, 2.24) is 5.32 Å². The van der Waals surface area contributed by atoms with Crippen molar-refractivity contribution in [2.45, 2.75) is 69.6 Å². The Morgan fingerprint density at radius 1 is 1.22 bits per heavy atom. The first-order valence-corrected chi connectivity index (χ1v) is 7.25. The topological polar surface area (TPSA) is 47.6 Å². The van der Waals surface area contributed by atoms with Crippen molar-refractivity contribution in [3.63, 3.8) is 0 Å². The first-order chi connectivity index (χ1) is 8.79. The van der Waals surface area contributed by atoms with Crippen LogP contribution in [0.3, 0.4) is 0 Å². The summed E-state index contributed by atoms with van der Waals surface area (Å²) in [5.41, 5.74) is 0. The molecule has 2 aliphatic carbocycles. The van der Waals surface area contributed by atoms with Crippen LogP contribution in [-0.4, -0.2) is 37.9 Å². The molecule has 2 rings (SSSR count). The van der Waals surface area contributed by atoms with Crippen molar-refractivity contribution < 1.29 is 14.3 Å². The Kier molecular flexibility index (Phi) is 5.45. The van der Waals surface area contributed by atoms with Gasteiger partial charge in [-0.1, -0.05) is 19.3 Å². The van der Waals surface area contributed by atoms with Gasteiger partial charge < -0.3 is 14.8 Å². The van der Waals surface area contributed by atoms with Crippen molar-refractivity contribution >= 4 is 5.97 Å². The van der Waals surface area contributed by atoms with Crippen LogP contribution in [0.5, 0.6) is 0 Å². The monoisotopic (exact) mass is 255 g/mol. The molecule has 0 saturated heterocycles. The predicted octanol–water partition coefficient (Wildman–Crippen LogP) is 2.02. The van der Waals surface area contributed by atoms with E-state index in [1.165, 1.54) is 52.1 Å². The number of hydrogen-bond donors (Lipinski definition) is 1. The summed E-state index contributed by atoms with van der Waals surface area (Å²) in [6, 6.07) is 0.329. The van der Waals surface area contributed by atoms with Crippen LogP contribution >= 0.6 is 0 Å². The van der Waals surface area contributed by atoms with Crippen LogP contribution < -0.4 is 5.32 Å². The molecule has 2 saturated carbocycles. The van der Waals surface area contributed by atoms with Crippen LogP contribution in [0.2, 0.25) is 0 Å². The van der Waals surface area contributed by atoms with E-state index in [0.29, 0.717) is 18.8 Å². The molecule has 4 nitrogen and oxygen atoms in total. The Labute approximate surface area is 109 Å². The van der Waals surface area contributed by atoms with Gasteiger partial charge in [0.1, 0.15) is 6.04 Å². The van der Waals surface area contributed by atoms with Gasteiger partial charge in [0.25, 0.3) is 0 Å². The Balaban J connectivity index is 1.65. The van der Waals surface area contributed by atoms with Crippen LogP contribution in [0.1, 0.15) is 51.4 Å². The maximum absolute atomic E-state index is 11.6. The summed E-state index contributed by atoms with van der Waals surface area (Å²) in [6.45, 7) is 0.657. The van der Waals surface area contributed by atoms with E-state index in [9.17, 15) is 4.79 Å². The van der Waals surface area contributed by atoms with Crippen LogP contribution in [0.25, 0.3) is 0 Å². The molecule has 1 atom stereocenters. The number of rotatable bonds is 7. The van der Waals surface area contributed by atoms with E-state index in [1.54, 1.807) is 0 Å². The largest absolute Gasteiger partial charge is 0.468 e. The lowest BCUT2D eigenvalue weighted by molar-refractivity contribution is -0.144. The first kappa shape index (κ1) is 13.8. The molecule has 1 N–H and O–H groups in total. The van der Waals surface area contributed by atoms with Gasteiger partial charge in [-0.2, -0.15) is 0 Å². The summed E-state index contributed by atoms with van der Waals surface area (Å²) in [5.74, 6) is -0.158. The molecule has 2 fully saturated rings. The van der Waals surface area contributed by atoms with Crippen LogP contribution in [-0.2, 0) is 14.3 Å². The number of carbonyl (C=O) groups is 1. The molecule has 4 heteroatoms. The minimum absolute atomic E-state index is 0.158. The highest BCUT2D eigenvalue weighted by Gasteiger charge is 2.28. The molecule has 0 aromatic heterocycles. The normalized spacial score (nSPS) is 22.7. The lowest BCUT2D eigenvalue weighted by atomic mass is 9.98. The Hall–Kier alpha value is -0.610. The van der Waals surface area contributed by atoms with Crippen molar-refractivity contribution in [1.29, 1.82) is 0 Å². The third-order valence-electron chi connectivity index (χ3n) is 3.81. The minimum atomic E-state index is -0.189. The van der Waals surface area contributed by atoms with Gasteiger partial charge in [0.05, 0.1) is 13.2 Å². The van der Waals surface area contributed by atoms with E-state index in [2.05, 4.69) is 5.32 Å². The lowest BCUT2D eigenvalue weighted by Crippen LogP contribution is -2.40. The van der Waals surface area contributed by atoms with E-state index in [0.717, 1.165) is 6.42 Å². The summed E-state index contributed by atoms with van der Waals surface area (Å²) in [7, 11) is 1.45. The zero-order chi connectivity index (χ0) is 12.8. The maximum atomic E-state index is 11.6. The molecule has 0 amide bonds. The number of carbonyl (C=O) groups excluding carboxylic acids is 1. The number of esters is 1. The molecule has 18 heavy (non-hydrogen) atoms. The molecule has 1 unspecified atom stereocenters. The molecule has 0 aliphatic heterocycles. The van der Waals surface area contributed by atoms with Gasteiger partial charge in [-0.15, -0.1) is 0 Å². The second kappa shape index (κ2) is 7.10. The predicted molar refractivity (Wildman–Crippen MR) is 69.4 cm³/mol. The Morgan fingerprint density at radius 2 is 1.94 bits per heavy atom. The zero-order valence-corrected chi connectivity index (χ0v) is 11.3. The molecule has 0 bridgehead atoms. The van der Waals surface area contributed by atoms with Gasteiger partial charge in [-0.3, -0.25) is 4.79 Å². The molecule has 0 heterocycles. The molecule has 0 aromatic rings. The number of hydrogen-bond acceptors (Lipinski definition) is 4. The van der Waals surface area contributed by atoms with Crippen molar-refractivity contribution in [2.75, 3.05) is 13.7 Å². The molecule has 0 radical (unpaired) electrons. The van der Waals surface area contributed by atoms with Gasteiger partial charge in [-0.05, 0) is 32.1 Å². The molecular weight excluding hydrogens is 230 g/mol. The lowest BCUT2D eigenvalue weighted by Gasteiger charge is -2.23. The van der Waals surface area contributed by atoms with Crippen molar-refractivity contribution in [2.24, 2.45) is 0 Å². The second-order valence-corrected chi connectivity index (χ2v) is 5.44. The second-order valence-electron chi connectivity index (χ2n) is 5.44. The van der Waals surface area contributed by atoms with E-state index in [1.807, 2.05) is 0 Å². The fourth-order valence-corrected chi connectivity index (χ4v) is 2.53. The van der Waals surface area contributed by atoms with Crippen LogP contribution in [0, 0.1) is 0 Å². The molecule has 2 aliphatic rings. The van der Waals surface area contributed by atoms with E-state index in [4.69, 9.17) is 9.47 Å². The third kappa shape index (κ3) is 4.58. The fourth-order valence-electron chi connectivity index (χ4n) is 2.53. The average molecular weight is 255 g/mol. The van der Waals surface area contributed by atoms with Crippen LogP contribution in [0.4, 0.5) is 0 Å². The van der Waals surface area contributed by atoms with Gasteiger partial charge >= 0.3 is 5.97 Å². The van der Waals surface area contributed by atoms with Crippen molar-refractivity contribution in [3.8, 4) is 0 Å². The van der Waals surface area contributed by atoms with Gasteiger partial charge in [0.15, 0.2) is 0 Å². The third-order valence-corrected chi connectivity index (χ3v) is 3.81. The summed E-state index contributed by atoms with van der Waals surface area (Å²) in [4.78, 5) is 11.6. The molecular formula is C14H25NO3. The molecule has 0 aromatic carbocycles. The smallest absolute Gasteiger partial charge is 0.322 e. The fraction of sp³-hybridized carbons (Fsp3) is 0.929.